The van der Waals surface area contributed by atoms with Crippen LogP contribution in [0, 0.1) is 11.8 Å². The number of hydrogen-bond donors (Lipinski definition) is 1. The number of imide groups is 2. The average Bonchev–Trinajstić information content (AvgIpc) is 2.98. The summed E-state index contributed by atoms with van der Waals surface area (Å²) in [6, 6.07) is 2.70. The first-order chi connectivity index (χ1) is 10.2. The standard InChI is InChI=1S/C14H16N4O3/c19-12-11(9-4-1-2-5-9)13(20)18(14(21)16-12)8-10-6-3-7-15-17-10/h3,6-7,9,11H,1-2,4-5,8H2,(H,16,19,21). The number of nitrogens with zero attached hydrogens (tertiary/aromatic N) is 3. The topological polar surface area (TPSA) is 92.3 Å². The van der Waals surface area contributed by atoms with Crippen LogP contribution in [0.3, 0.4) is 0 Å². The van der Waals surface area contributed by atoms with Gasteiger partial charge in [-0.2, -0.15) is 10.2 Å². The van der Waals surface area contributed by atoms with Gasteiger partial charge in [0, 0.05) is 6.20 Å². The molecule has 0 aromatic carbocycles. The maximum Gasteiger partial charge on any atom is 0.331 e. The molecule has 0 spiro atoms. The molecule has 110 valence electrons. The molecule has 3 rings (SSSR count). The summed E-state index contributed by atoms with van der Waals surface area (Å²) < 4.78 is 0. The van der Waals surface area contributed by atoms with Gasteiger partial charge in [-0.3, -0.25) is 19.8 Å². The molecule has 1 N–H and O–H groups in total. The van der Waals surface area contributed by atoms with Crippen molar-refractivity contribution in [2.45, 2.75) is 32.2 Å². The summed E-state index contributed by atoms with van der Waals surface area (Å²) >= 11 is 0. The third kappa shape index (κ3) is 2.63. The zero-order valence-corrected chi connectivity index (χ0v) is 11.5. The van der Waals surface area contributed by atoms with Crippen LogP contribution < -0.4 is 5.32 Å². The van der Waals surface area contributed by atoms with Gasteiger partial charge in [0.1, 0.15) is 5.92 Å². The van der Waals surface area contributed by atoms with Crippen LogP contribution in [0.4, 0.5) is 4.79 Å². The highest BCUT2D eigenvalue weighted by atomic mass is 16.2. The van der Waals surface area contributed by atoms with E-state index in [2.05, 4.69) is 15.5 Å². The minimum atomic E-state index is -0.748. The molecule has 1 aliphatic carbocycles. The molecule has 2 heterocycles. The van der Waals surface area contributed by atoms with Crippen LogP contribution in [0.1, 0.15) is 31.4 Å². The lowest BCUT2D eigenvalue weighted by Gasteiger charge is -2.32. The molecule has 1 atom stereocenters. The number of urea groups is 1. The van der Waals surface area contributed by atoms with Crippen molar-refractivity contribution in [3.05, 3.63) is 24.0 Å². The van der Waals surface area contributed by atoms with Gasteiger partial charge in [0.15, 0.2) is 0 Å². The zero-order valence-electron chi connectivity index (χ0n) is 11.5. The summed E-state index contributed by atoms with van der Waals surface area (Å²) in [5.74, 6) is -1.59. The zero-order chi connectivity index (χ0) is 14.8. The molecule has 1 saturated carbocycles. The van der Waals surface area contributed by atoms with Crippen molar-refractivity contribution in [2.24, 2.45) is 11.8 Å². The van der Waals surface area contributed by atoms with Gasteiger partial charge in [-0.15, -0.1) is 0 Å². The molecule has 21 heavy (non-hydrogen) atoms. The fourth-order valence-electron chi connectivity index (χ4n) is 3.07. The highest BCUT2D eigenvalue weighted by Crippen LogP contribution is 2.34. The van der Waals surface area contributed by atoms with Gasteiger partial charge in [0.2, 0.25) is 11.8 Å². The number of nitrogens with one attached hydrogen (secondary N) is 1. The summed E-state index contributed by atoms with van der Waals surface area (Å²) in [5, 5.41) is 9.89. The Morgan fingerprint density at radius 1 is 1.24 bits per heavy atom. The predicted octanol–water partition coefficient (Wildman–Crippen LogP) is 0.861. The van der Waals surface area contributed by atoms with Crippen LogP contribution in [-0.2, 0) is 16.1 Å². The molecule has 1 saturated heterocycles. The number of carbonyl (C=O) groups excluding carboxylic acids is 3. The van der Waals surface area contributed by atoms with E-state index in [0.29, 0.717) is 5.69 Å². The van der Waals surface area contributed by atoms with E-state index >= 15 is 0 Å². The first-order valence-electron chi connectivity index (χ1n) is 7.09. The molecule has 1 aromatic rings. The van der Waals surface area contributed by atoms with Crippen LogP contribution >= 0.6 is 0 Å². The second-order valence-corrected chi connectivity index (χ2v) is 5.46. The number of barbiturate groups is 1. The van der Waals surface area contributed by atoms with E-state index < -0.39 is 23.8 Å². The molecular weight excluding hydrogens is 272 g/mol. The van der Waals surface area contributed by atoms with Gasteiger partial charge < -0.3 is 0 Å². The summed E-state index contributed by atoms with van der Waals surface area (Å²) in [7, 11) is 0. The van der Waals surface area contributed by atoms with E-state index in [4.69, 9.17) is 0 Å². The van der Waals surface area contributed by atoms with Gasteiger partial charge in [0.25, 0.3) is 0 Å². The maximum absolute atomic E-state index is 12.5. The van der Waals surface area contributed by atoms with Crippen LogP contribution in [-0.4, -0.2) is 32.9 Å². The van der Waals surface area contributed by atoms with Crippen molar-refractivity contribution in [3.8, 4) is 0 Å². The summed E-state index contributed by atoms with van der Waals surface area (Å²) in [6.07, 6.45) is 5.29. The van der Waals surface area contributed by atoms with E-state index in [9.17, 15) is 14.4 Å². The predicted molar refractivity (Wildman–Crippen MR) is 71.6 cm³/mol. The Labute approximate surface area is 121 Å². The molecular formula is C14H16N4O3. The van der Waals surface area contributed by atoms with Crippen molar-refractivity contribution < 1.29 is 14.4 Å². The highest BCUT2D eigenvalue weighted by molar-refractivity contribution is 6.16. The molecule has 2 fully saturated rings. The van der Waals surface area contributed by atoms with Crippen molar-refractivity contribution in [1.82, 2.24) is 20.4 Å². The SMILES string of the molecule is O=C1NC(=O)N(Cc2cccnn2)C(=O)C1C1CCCC1. The van der Waals surface area contributed by atoms with E-state index in [1.807, 2.05) is 0 Å². The van der Waals surface area contributed by atoms with E-state index in [0.717, 1.165) is 30.6 Å². The number of carbonyl (C=O) groups is 3. The van der Waals surface area contributed by atoms with Crippen LogP contribution in [0.15, 0.2) is 18.3 Å². The van der Waals surface area contributed by atoms with Crippen molar-refractivity contribution >= 4 is 17.8 Å². The molecule has 1 aliphatic heterocycles. The molecule has 0 radical (unpaired) electrons. The molecule has 2 aliphatic rings. The summed E-state index contributed by atoms with van der Waals surface area (Å²) in [5.41, 5.74) is 0.514. The van der Waals surface area contributed by atoms with Gasteiger partial charge in [0.05, 0.1) is 12.2 Å². The van der Waals surface area contributed by atoms with E-state index in [1.54, 1.807) is 12.1 Å². The lowest BCUT2D eigenvalue weighted by Crippen LogP contribution is -2.59. The van der Waals surface area contributed by atoms with Gasteiger partial charge in [-0.05, 0) is 30.9 Å². The Bertz CT molecular complexity index is 569. The minimum Gasteiger partial charge on any atom is -0.277 e. The Hall–Kier alpha value is -2.31. The molecule has 7 heteroatoms. The second kappa shape index (κ2) is 5.59. The third-order valence-electron chi connectivity index (χ3n) is 4.11. The lowest BCUT2D eigenvalue weighted by molar-refractivity contribution is -0.145. The molecule has 0 bridgehead atoms. The quantitative estimate of drug-likeness (QED) is 0.833. The highest BCUT2D eigenvalue weighted by Gasteiger charge is 2.45. The van der Waals surface area contributed by atoms with Crippen LogP contribution in [0.2, 0.25) is 0 Å². The fraction of sp³-hybridized carbons (Fsp3) is 0.500. The second-order valence-electron chi connectivity index (χ2n) is 5.46. The third-order valence-corrected chi connectivity index (χ3v) is 4.11. The number of amides is 4. The normalized spacial score (nSPS) is 23.5. The van der Waals surface area contributed by atoms with Gasteiger partial charge in [-0.25, -0.2) is 4.79 Å². The first kappa shape index (κ1) is 13.7. The Morgan fingerprint density at radius 3 is 2.67 bits per heavy atom. The molecule has 4 amide bonds. The Balaban J connectivity index is 1.80. The fourth-order valence-corrected chi connectivity index (χ4v) is 3.07. The molecule has 1 aromatic heterocycles. The van der Waals surface area contributed by atoms with Crippen molar-refractivity contribution in [2.75, 3.05) is 0 Å². The number of rotatable bonds is 3. The number of aromatic nitrogens is 2. The van der Waals surface area contributed by atoms with E-state index in [-0.39, 0.29) is 12.5 Å². The average molecular weight is 288 g/mol. The molecule has 1 unspecified atom stereocenters. The first-order valence-corrected chi connectivity index (χ1v) is 7.09. The Morgan fingerprint density at radius 2 is 2.00 bits per heavy atom. The molecule has 7 nitrogen and oxygen atoms in total. The van der Waals surface area contributed by atoms with Gasteiger partial charge >= 0.3 is 6.03 Å². The maximum atomic E-state index is 12.5. The number of hydrogen-bond acceptors (Lipinski definition) is 5. The summed E-state index contributed by atoms with van der Waals surface area (Å²) in [4.78, 5) is 37.5. The minimum absolute atomic E-state index is 0.0367. The largest absolute Gasteiger partial charge is 0.331 e. The lowest BCUT2D eigenvalue weighted by atomic mass is 9.87. The smallest absolute Gasteiger partial charge is 0.277 e. The van der Waals surface area contributed by atoms with Crippen LogP contribution in [0.25, 0.3) is 0 Å². The van der Waals surface area contributed by atoms with E-state index in [1.165, 1.54) is 6.20 Å². The Kier molecular flexibility index (Phi) is 3.64. The van der Waals surface area contributed by atoms with Crippen molar-refractivity contribution in [1.29, 1.82) is 0 Å². The van der Waals surface area contributed by atoms with Crippen LogP contribution in [0.5, 0.6) is 0 Å². The monoisotopic (exact) mass is 288 g/mol. The van der Waals surface area contributed by atoms with Gasteiger partial charge in [-0.1, -0.05) is 12.8 Å². The summed E-state index contributed by atoms with van der Waals surface area (Å²) in [6.45, 7) is 0.0367. The van der Waals surface area contributed by atoms with Crippen molar-refractivity contribution in [3.63, 3.8) is 0 Å².